The summed E-state index contributed by atoms with van der Waals surface area (Å²) < 4.78 is 45.7. The highest BCUT2D eigenvalue weighted by atomic mass is 19.4. The Kier molecular flexibility index (Phi) is 5.46. The third kappa shape index (κ3) is 4.54. The molecule has 2 aromatic carbocycles. The molecule has 0 aromatic heterocycles. The molecule has 138 valence electrons. The van der Waals surface area contributed by atoms with E-state index in [0.29, 0.717) is 31.6 Å². The Morgan fingerprint density at radius 3 is 2.38 bits per heavy atom. The molecule has 1 heterocycles. The number of alkyl halides is 3. The number of anilines is 1. The number of urea groups is 1. The van der Waals surface area contributed by atoms with Crippen LogP contribution in [-0.4, -0.2) is 25.3 Å². The van der Waals surface area contributed by atoms with Crippen molar-refractivity contribution in [1.29, 1.82) is 0 Å². The van der Waals surface area contributed by atoms with Crippen LogP contribution in [0.2, 0.25) is 0 Å². The fraction of sp³-hybridized carbons (Fsp3) is 0.316. The summed E-state index contributed by atoms with van der Waals surface area (Å²) in [5.74, 6) is 0. The van der Waals surface area contributed by atoms with E-state index in [0.717, 1.165) is 6.07 Å². The van der Waals surface area contributed by atoms with Gasteiger partial charge in [-0.1, -0.05) is 36.4 Å². The molecule has 2 amide bonds. The van der Waals surface area contributed by atoms with Crippen molar-refractivity contribution in [3.8, 4) is 11.1 Å². The Hall–Kier alpha value is -2.54. The summed E-state index contributed by atoms with van der Waals surface area (Å²) in [6.45, 7) is 1.13. The summed E-state index contributed by atoms with van der Waals surface area (Å²) >= 11 is 0. The third-order valence-electron chi connectivity index (χ3n) is 4.22. The summed E-state index contributed by atoms with van der Waals surface area (Å²) in [5.41, 5.74) is -0.138. The van der Waals surface area contributed by atoms with Crippen molar-refractivity contribution in [2.45, 2.75) is 25.1 Å². The zero-order valence-electron chi connectivity index (χ0n) is 14.0. The largest absolute Gasteiger partial charge is 0.417 e. The van der Waals surface area contributed by atoms with Crippen LogP contribution >= 0.6 is 0 Å². The minimum absolute atomic E-state index is 0.0329. The molecule has 2 N–H and O–H groups in total. The highest BCUT2D eigenvalue weighted by Crippen LogP contribution is 2.38. The maximum atomic E-state index is 13.5. The van der Waals surface area contributed by atoms with Crippen LogP contribution in [0.1, 0.15) is 18.4 Å². The lowest BCUT2D eigenvalue weighted by molar-refractivity contribution is -0.137. The number of rotatable bonds is 3. The number of ether oxygens (including phenoxy) is 1. The van der Waals surface area contributed by atoms with E-state index in [1.165, 1.54) is 12.1 Å². The summed E-state index contributed by atoms with van der Waals surface area (Å²) in [7, 11) is 0. The van der Waals surface area contributed by atoms with Gasteiger partial charge in [0.05, 0.1) is 5.56 Å². The maximum absolute atomic E-state index is 13.5. The van der Waals surface area contributed by atoms with E-state index in [2.05, 4.69) is 10.6 Å². The molecule has 3 rings (SSSR count). The van der Waals surface area contributed by atoms with E-state index in [9.17, 15) is 18.0 Å². The Morgan fingerprint density at radius 1 is 1.04 bits per heavy atom. The van der Waals surface area contributed by atoms with E-state index in [1.807, 2.05) is 0 Å². The molecule has 1 saturated heterocycles. The number of carbonyl (C=O) groups excluding carboxylic acids is 1. The molecule has 2 aromatic rings. The second-order valence-corrected chi connectivity index (χ2v) is 6.11. The predicted molar refractivity (Wildman–Crippen MR) is 92.9 cm³/mol. The highest BCUT2D eigenvalue weighted by Gasteiger charge is 2.34. The fourth-order valence-corrected chi connectivity index (χ4v) is 2.92. The number of hydrogen-bond donors (Lipinski definition) is 2. The van der Waals surface area contributed by atoms with Crippen LogP contribution in [0.5, 0.6) is 0 Å². The second-order valence-electron chi connectivity index (χ2n) is 6.11. The monoisotopic (exact) mass is 364 g/mol. The number of nitrogens with one attached hydrogen (secondary N) is 2. The third-order valence-corrected chi connectivity index (χ3v) is 4.22. The minimum atomic E-state index is -4.53. The quantitative estimate of drug-likeness (QED) is 0.831. The van der Waals surface area contributed by atoms with Gasteiger partial charge in [-0.05, 0) is 36.1 Å². The number of carbonyl (C=O) groups is 1. The molecule has 0 bridgehead atoms. The van der Waals surface area contributed by atoms with Crippen molar-refractivity contribution in [1.82, 2.24) is 5.32 Å². The molecule has 26 heavy (non-hydrogen) atoms. The summed E-state index contributed by atoms with van der Waals surface area (Å²) in [5, 5.41) is 5.25. The SMILES string of the molecule is O=C(Nc1ccc(-c2ccccc2)c(C(F)(F)F)c1)NC1CCOCC1. The molecule has 0 radical (unpaired) electrons. The summed E-state index contributed by atoms with van der Waals surface area (Å²) in [6, 6.07) is 11.6. The molecule has 4 nitrogen and oxygen atoms in total. The smallest absolute Gasteiger partial charge is 0.381 e. The Bertz CT molecular complexity index is 757. The van der Waals surface area contributed by atoms with Crippen molar-refractivity contribution in [2.24, 2.45) is 0 Å². The van der Waals surface area contributed by atoms with Gasteiger partial charge < -0.3 is 15.4 Å². The summed E-state index contributed by atoms with van der Waals surface area (Å²) in [4.78, 5) is 12.1. The molecule has 1 aliphatic heterocycles. The van der Waals surface area contributed by atoms with E-state index in [-0.39, 0.29) is 17.3 Å². The van der Waals surface area contributed by atoms with Crippen LogP contribution in [0, 0.1) is 0 Å². The van der Waals surface area contributed by atoms with Crippen molar-refractivity contribution in [3.05, 3.63) is 54.1 Å². The topological polar surface area (TPSA) is 50.4 Å². The first kappa shape index (κ1) is 18.3. The van der Waals surface area contributed by atoms with Crippen LogP contribution in [0.15, 0.2) is 48.5 Å². The minimum Gasteiger partial charge on any atom is -0.381 e. The molecular weight excluding hydrogens is 345 g/mol. The van der Waals surface area contributed by atoms with Gasteiger partial charge in [-0.25, -0.2) is 4.79 Å². The van der Waals surface area contributed by atoms with Gasteiger partial charge >= 0.3 is 12.2 Å². The zero-order valence-corrected chi connectivity index (χ0v) is 14.0. The van der Waals surface area contributed by atoms with E-state index < -0.39 is 17.8 Å². The standard InChI is InChI=1S/C19H19F3N2O2/c20-19(21,22)17-12-15(6-7-16(17)13-4-2-1-3-5-13)24-18(25)23-14-8-10-26-11-9-14/h1-7,12,14H,8-11H2,(H2,23,24,25). The second kappa shape index (κ2) is 7.78. The van der Waals surface area contributed by atoms with Gasteiger partial charge in [0.1, 0.15) is 0 Å². The first-order valence-electron chi connectivity index (χ1n) is 8.35. The average molecular weight is 364 g/mol. The molecule has 0 aliphatic carbocycles. The molecule has 1 fully saturated rings. The van der Waals surface area contributed by atoms with Crippen LogP contribution in [0.4, 0.5) is 23.7 Å². The lowest BCUT2D eigenvalue weighted by Crippen LogP contribution is -2.41. The molecule has 0 unspecified atom stereocenters. The van der Waals surface area contributed by atoms with Crippen molar-refractivity contribution in [2.75, 3.05) is 18.5 Å². The first-order chi connectivity index (χ1) is 12.4. The van der Waals surface area contributed by atoms with Crippen LogP contribution < -0.4 is 10.6 Å². The number of hydrogen-bond acceptors (Lipinski definition) is 2. The molecule has 7 heteroatoms. The number of amides is 2. The van der Waals surface area contributed by atoms with Crippen molar-refractivity contribution in [3.63, 3.8) is 0 Å². The fourth-order valence-electron chi connectivity index (χ4n) is 2.92. The molecular formula is C19H19F3N2O2. The number of halogens is 3. The van der Waals surface area contributed by atoms with Gasteiger partial charge in [-0.2, -0.15) is 13.2 Å². The first-order valence-corrected chi connectivity index (χ1v) is 8.35. The lowest BCUT2D eigenvalue weighted by Gasteiger charge is -2.23. The van der Waals surface area contributed by atoms with Crippen LogP contribution in [0.25, 0.3) is 11.1 Å². The van der Waals surface area contributed by atoms with Crippen LogP contribution in [-0.2, 0) is 10.9 Å². The maximum Gasteiger partial charge on any atom is 0.417 e. The number of benzene rings is 2. The Balaban J connectivity index is 1.79. The van der Waals surface area contributed by atoms with E-state index in [1.54, 1.807) is 30.3 Å². The molecule has 0 atom stereocenters. The van der Waals surface area contributed by atoms with Crippen molar-refractivity contribution >= 4 is 11.7 Å². The van der Waals surface area contributed by atoms with E-state index in [4.69, 9.17) is 4.74 Å². The van der Waals surface area contributed by atoms with Crippen LogP contribution in [0.3, 0.4) is 0 Å². The summed E-state index contributed by atoms with van der Waals surface area (Å²) in [6.07, 6.45) is -3.15. The van der Waals surface area contributed by atoms with Gasteiger partial charge in [0.25, 0.3) is 0 Å². The van der Waals surface area contributed by atoms with Gasteiger partial charge in [-0.15, -0.1) is 0 Å². The van der Waals surface area contributed by atoms with Gasteiger partial charge in [0.15, 0.2) is 0 Å². The average Bonchev–Trinajstić information content (AvgIpc) is 2.62. The Morgan fingerprint density at radius 2 is 1.73 bits per heavy atom. The predicted octanol–water partition coefficient (Wildman–Crippen LogP) is 4.67. The van der Waals surface area contributed by atoms with E-state index >= 15 is 0 Å². The van der Waals surface area contributed by atoms with Gasteiger partial charge in [0.2, 0.25) is 0 Å². The zero-order chi connectivity index (χ0) is 18.6. The normalized spacial score (nSPS) is 15.5. The van der Waals surface area contributed by atoms with Gasteiger partial charge in [0, 0.05) is 24.9 Å². The Labute approximate surface area is 149 Å². The molecule has 1 aliphatic rings. The highest BCUT2D eigenvalue weighted by molar-refractivity contribution is 5.90. The lowest BCUT2D eigenvalue weighted by atomic mass is 9.98. The molecule has 0 saturated carbocycles. The van der Waals surface area contributed by atoms with Gasteiger partial charge in [-0.3, -0.25) is 0 Å². The molecule has 0 spiro atoms. The van der Waals surface area contributed by atoms with Crippen molar-refractivity contribution < 1.29 is 22.7 Å².